The highest BCUT2D eigenvalue weighted by Gasteiger charge is 2.51. The number of alkyl halides is 2. The molecule has 1 saturated heterocycles. The van der Waals surface area contributed by atoms with Crippen molar-refractivity contribution in [1.82, 2.24) is 14.6 Å². The molecule has 178 valence electrons. The van der Waals surface area contributed by atoms with Gasteiger partial charge in [0.25, 0.3) is 5.92 Å². The van der Waals surface area contributed by atoms with Crippen molar-refractivity contribution in [2.24, 2.45) is 5.16 Å². The van der Waals surface area contributed by atoms with E-state index in [2.05, 4.69) is 10.1 Å². The van der Waals surface area contributed by atoms with E-state index in [0.29, 0.717) is 6.07 Å². The Morgan fingerprint density at radius 1 is 1.21 bits per heavy atom. The van der Waals surface area contributed by atoms with E-state index in [0.717, 1.165) is 23.4 Å². The van der Waals surface area contributed by atoms with Gasteiger partial charge in [-0.05, 0) is 12.1 Å². The standard InChI is InChI=1S/C19H16ClF5N4O3S/c1-33(30,31)28-15-7-29(8-19(15,24)25)16-5-14(32-27-16)17-11(2-9(20)3-12(17)22)18-13(23)4-10(21)6-26-18/h2-4,6,14-15,28H,5,7-8H2,1H3/t14?,15-/m1/s1. The molecule has 4 rings (SSSR count). The van der Waals surface area contributed by atoms with Gasteiger partial charge >= 0.3 is 0 Å². The number of nitrogens with one attached hydrogen (secondary N) is 1. The summed E-state index contributed by atoms with van der Waals surface area (Å²) in [6.45, 7) is -1.22. The molecular formula is C19H16ClF5N4O3S. The molecule has 1 unspecified atom stereocenters. The van der Waals surface area contributed by atoms with Gasteiger partial charge in [-0.3, -0.25) is 4.98 Å². The van der Waals surface area contributed by atoms with E-state index >= 15 is 0 Å². The lowest BCUT2D eigenvalue weighted by Gasteiger charge is -2.18. The van der Waals surface area contributed by atoms with Crippen LogP contribution >= 0.6 is 11.6 Å². The molecule has 1 aromatic carbocycles. The number of pyridine rings is 1. The summed E-state index contributed by atoms with van der Waals surface area (Å²) < 4.78 is 95.9. The molecule has 1 N–H and O–H groups in total. The van der Waals surface area contributed by atoms with Gasteiger partial charge < -0.3 is 9.74 Å². The Morgan fingerprint density at radius 3 is 2.61 bits per heavy atom. The van der Waals surface area contributed by atoms with Crippen LogP contribution in [0.2, 0.25) is 5.02 Å². The van der Waals surface area contributed by atoms with E-state index in [1.54, 1.807) is 0 Å². The minimum absolute atomic E-state index is 0.0327. The zero-order valence-corrected chi connectivity index (χ0v) is 18.4. The fourth-order valence-electron chi connectivity index (χ4n) is 3.79. The third-order valence-electron chi connectivity index (χ3n) is 5.17. The predicted molar refractivity (Wildman–Crippen MR) is 109 cm³/mol. The number of aromatic nitrogens is 1. The Kier molecular flexibility index (Phi) is 5.99. The summed E-state index contributed by atoms with van der Waals surface area (Å²) in [5.41, 5.74) is -0.676. The van der Waals surface area contributed by atoms with E-state index in [1.807, 2.05) is 4.72 Å². The fourth-order valence-corrected chi connectivity index (χ4v) is 4.76. The van der Waals surface area contributed by atoms with Crippen LogP contribution in [-0.4, -0.2) is 55.4 Å². The second-order valence-corrected chi connectivity index (χ2v) is 9.94. The largest absolute Gasteiger partial charge is 0.386 e. The van der Waals surface area contributed by atoms with Crippen molar-refractivity contribution in [3.8, 4) is 11.3 Å². The number of benzene rings is 1. The van der Waals surface area contributed by atoms with Crippen LogP contribution < -0.4 is 4.72 Å². The molecule has 0 radical (unpaired) electrons. The summed E-state index contributed by atoms with van der Waals surface area (Å²) in [4.78, 5) is 10.1. The highest BCUT2D eigenvalue weighted by Crippen LogP contribution is 2.40. The van der Waals surface area contributed by atoms with Gasteiger partial charge in [-0.2, -0.15) is 0 Å². The van der Waals surface area contributed by atoms with Crippen LogP contribution in [0.5, 0.6) is 0 Å². The highest BCUT2D eigenvalue weighted by atomic mass is 35.5. The minimum atomic E-state index is -3.89. The number of oxime groups is 1. The maximum atomic E-state index is 14.9. The SMILES string of the molecule is CS(=O)(=O)N[C@@H]1CN(C2=NOC(c3c(F)cc(Cl)cc3-c3ncc(F)cc3F)C2)CC1(F)F. The zero-order valence-electron chi connectivity index (χ0n) is 16.8. The molecule has 33 heavy (non-hydrogen) atoms. The minimum Gasteiger partial charge on any atom is -0.386 e. The third kappa shape index (κ3) is 4.89. The Hall–Kier alpha value is -2.51. The zero-order chi connectivity index (χ0) is 24.1. The average molecular weight is 511 g/mol. The molecule has 3 heterocycles. The Bertz CT molecular complexity index is 1240. The molecule has 2 atom stereocenters. The first-order valence-electron chi connectivity index (χ1n) is 9.47. The predicted octanol–water partition coefficient (Wildman–Crippen LogP) is 3.46. The van der Waals surface area contributed by atoms with Gasteiger partial charge in [0.1, 0.15) is 29.2 Å². The van der Waals surface area contributed by atoms with Crippen LogP contribution in [0, 0.1) is 17.5 Å². The second kappa shape index (κ2) is 8.37. The number of amidine groups is 1. The second-order valence-electron chi connectivity index (χ2n) is 7.72. The van der Waals surface area contributed by atoms with Crippen LogP contribution in [0.15, 0.2) is 29.6 Å². The van der Waals surface area contributed by atoms with Crippen molar-refractivity contribution in [2.75, 3.05) is 19.3 Å². The number of nitrogens with zero attached hydrogens (tertiary/aromatic N) is 3. The van der Waals surface area contributed by atoms with E-state index < -0.39 is 52.1 Å². The first-order chi connectivity index (χ1) is 15.3. The molecule has 0 spiro atoms. The third-order valence-corrected chi connectivity index (χ3v) is 6.10. The molecular weight excluding hydrogens is 495 g/mol. The van der Waals surface area contributed by atoms with Crippen molar-refractivity contribution < 1.29 is 35.2 Å². The molecule has 7 nitrogen and oxygen atoms in total. The van der Waals surface area contributed by atoms with E-state index in [1.165, 1.54) is 6.07 Å². The maximum absolute atomic E-state index is 14.9. The highest BCUT2D eigenvalue weighted by molar-refractivity contribution is 7.88. The summed E-state index contributed by atoms with van der Waals surface area (Å²) in [6, 6.07) is 1.07. The van der Waals surface area contributed by atoms with Gasteiger partial charge in [-0.15, -0.1) is 0 Å². The van der Waals surface area contributed by atoms with Gasteiger partial charge in [0.15, 0.2) is 11.9 Å². The Morgan fingerprint density at radius 2 is 1.94 bits per heavy atom. The maximum Gasteiger partial charge on any atom is 0.282 e. The molecule has 0 bridgehead atoms. The summed E-state index contributed by atoms with van der Waals surface area (Å²) in [6.07, 6.45) is 0.204. The smallest absolute Gasteiger partial charge is 0.282 e. The first-order valence-corrected chi connectivity index (χ1v) is 11.7. The molecule has 2 aliphatic heterocycles. The molecule has 2 aromatic rings. The molecule has 0 saturated carbocycles. The van der Waals surface area contributed by atoms with Crippen LogP contribution in [0.25, 0.3) is 11.3 Å². The van der Waals surface area contributed by atoms with Crippen LogP contribution in [-0.2, 0) is 14.9 Å². The summed E-state index contributed by atoms with van der Waals surface area (Å²) >= 11 is 5.91. The van der Waals surface area contributed by atoms with Gasteiger partial charge in [0.2, 0.25) is 10.0 Å². The Labute approximate surface area is 190 Å². The summed E-state index contributed by atoms with van der Waals surface area (Å²) in [5.74, 6) is -6.24. The number of hydrogen-bond donors (Lipinski definition) is 1. The van der Waals surface area contributed by atoms with Crippen molar-refractivity contribution in [1.29, 1.82) is 0 Å². The van der Waals surface area contributed by atoms with E-state index in [9.17, 15) is 30.4 Å². The van der Waals surface area contributed by atoms with Crippen LogP contribution in [0.3, 0.4) is 0 Å². The van der Waals surface area contributed by atoms with Gasteiger partial charge in [-0.25, -0.2) is 35.1 Å². The monoisotopic (exact) mass is 510 g/mol. The number of hydrogen-bond acceptors (Lipinski definition) is 6. The van der Waals surface area contributed by atoms with Crippen molar-refractivity contribution >= 4 is 27.5 Å². The van der Waals surface area contributed by atoms with E-state index in [4.69, 9.17) is 16.4 Å². The number of halogens is 6. The lowest BCUT2D eigenvalue weighted by atomic mass is 9.96. The molecule has 2 aliphatic rings. The molecule has 14 heteroatoms. The van der Waals surface area contributed by atoms with Crippen LogP contribution in [0.4, 0.5) is 22.0 Å². The van der Waals surface area contributed by atoms with Crippen molar-refractivity contribution in [2.45, 2.75) is 24.5 Å². The van der Waals surface area contributed by atoms with Gasteiger partial charge in [0.05, 0.1) is 25.4 Å². The van der Waals surface area contributed by atoms with Crippen molar-refractivity contribution in [3.63, 3.8) is 0 Å². The molecule has 1 fully saturated rings. The molecule has 0 amide bonds. The van der Waals surface area contributed by atoms with Crippen molar-refractivity contribution in [3.05, 3.63) is 52.4 Å². The Balaban J connectivity index is 1.61. The fraction of sp³-hybridized carbons (Fsp3) is 0.368. The van der Waals surface area contributed by atoms with Gasteiger partial charge in [-0.1, -0.05) is 16.8 Å². The normalized spacial score (nSPS) is 22.4. The number of sulfonamides is 1. The lowest BCUT2D eigenvalue weighted by molar-refractivity contribution is -0.00123. The average Bonchev–Trinajstić information content (AvgIpc) is 3.25. The van der Waals surface area contributed by atoms with E-state index in [-0.39, 0.29) is 40.6 Å². The lowest BCUT2D eigenvalue weighted by Crippen LogP contribution is -2.46. The number of rotatable bonds is 4. The first kappa shape index (κ1) is 23.6. The number of likely N-dealkylation sites (tertiary alicyclic amines) is 1. The summed E-state index contributed by atoms with van der Waals surface area (Å²) in [5, 5.41) is 3.69. The molecule has 1 aromatic heterocycles. The quantitative estimate of drug-likeness (QED) is 0.637. The summed E-state index contributed by atoms with van der Waals surface area (Å²) in [7, 11) is -3.89. The molecule has 0 aliphatic carbocycles. The van der Waals surface area contributed by atoms with Gasteiger partial charge in [0, 0.05) is 28.8 Å². The topological polar surface area (TPSA) is 83.9 Å². The van der Waals surface area contributed by atoms with Crippen LogP contribution in [0.1, 0.15) is 18.1 Å².